The average Bonchev–Trinajstić information content (AvgIpc) is 3.31. The average molecular weight is 954 g/mol. The number of rotatable bonds is 36. The maximum absolute atomic E-state index is 14.2. The van der Waals surface area contributed by atoms with Crippen LogP contribution < -0.4 is 15.2 Å². The predicted octanol–water partition coefficient (Wildman–Crippen LogP) is 16.3. The van der Waals surface area contributed by atoms with Gasteiger partial charge < -0.3 is 19.3 Å². The molecule has 2 heterocycles. The zero-order valence-corrected chi connectivity index (χ0v) is 43.5. The molecule has 0 bridgehead atoms. The number of nitrogens with zero attached hydrogens (tertiary/aromatic N) is 4. The minimum atomic E-state index is -0.745. The molecule has 0 aliphatic carbocycles. The van der Waals surface area contributed by atoms with Gasteiger partial charge in [-0.3, -0.25) is 14.3 Å². The summed E-state index contributed by atoms with van der Waals surface area (Å²) in [5, 5.41) is 2.13. The van der Waals surface area contributed by atoms with Crippen LogP contribution in [0, 0.1) is 5.92 Å². The lowest BCUT2D eigenvalue weighted by molar-refractivity contribution is 0.00204. The van der Waals surface area contributed by atoms with E-state index in [1.54, 1.807) is 10.6 Å². The van der Waals surface area contributed by atoms with Gasteiger partial charge in [-0.1, -0.05) is 198 Å². The minimum Gasteiger partial charge on any atom is -0.494 e. The van der Waals surface area contributed by atoms with Crippen molar-refractivity contribution < 1.29 is 14.3 Å². The molecule has 10 heteroatoms. The molecule has 2 aromatic carbocycles. The molecule has 1 saturated heterocycles. The maximum Gasteiger partial charge on any atom is 0.411 e. The third-order valence-corrected chi connectivity index (χ3v) is 14.4. The van der Waals surface area contributed by atoms with E-state index in [0.29, 0.717) is 35.5 Å². The summed E-state index contributed by atoms with van der Waals surface area (Å²) in [5.41, 5.74) is 1.54. The summed E-state index contributed by atoms with van der Waals surface area (Å²) in [6, 6.07) is 15.2. The van der Waals surface area contributed by atoms with Gasteiger partial charge in [0.25, 0.3) is 5.56 Å². The van der Waals surface area contributed by atoms with Crippen LogP contribution in [0.15, 0.2) is 53.3 Å². The van der Waals surface area contributed by atoms with Crippen molar-refractivity contribution in [2.24, 2.45) is 5.92 Å². The first-order valence-electron chi connectivity index (χ1n) is 26.9. The highest BCUT2D eigenvalue weighted by Crippen LogP contribution is 2.33. The SMILES string of the molecule is CCCCCCCCCCCCCCN(CCCCCCCCCCCCCC)C(=O)OC(C(C)C)n1c(=O)ccc2ccc(OCCCCN3CCN(c4cccc(Cl)c4Cl)CC3)cc21. The van der Waals surface area contributed by atoms with Gasteiger partial charge in [-0.05, 0) is 67.9 Å². The van der Waals surface area contributed by atoms with Crippen LogP contribution in [0.1, 0.15) is 201 Å². The molecule has 1 atom stereocenters. The number of carbonyl (C=O) groups excluding carboxylic acids is 1. The Morgan fingerprint density at radius 1 is 0.636 bits per heavy atom. The molecule has 1 aliphatic rings. The number of fused-ring (bicyclic) bond motifs is 1. The Morgan fingerprint density at radius 3 is 1.68 bits per heavy atom. The number of ether oxygens (including phenoxy) is 2. The Kier molecular flexibility index (Phi) is 28.3. The van der Waals surface area contributed by atoms with Gasteiger partial charge in [0.15, 0.2) is 6.23 Å². The number of hydrogen-bond acceptors (Lipinski definition) is 6. The van der Waals surface area contributed by atoms with Crippen LogP contribution in [-0.4, -0.2) is 72.9 Å². The van der Waals surface area contributed by atoms with Crippen molar-refractivity contribution in [3.63, 3.8) is 0 Å². The molecule has 1 aromatic heterocycles. The molecule has 4 rings (SSSR count). The van der Waals surface area contributed by atoms with E-state index in [-0.39, 0.29) is 17.6 Å². The van der Waals surface area contributed by atoms with Gasteiger partial charge in [-0.2, -0.15) is 0 Å². The fourth-order valence-corrected chi connectivity index (χ4v) is 9.82. The van der Waals surface area contributed by atoms with E-state index in [9.17, 15) is 9.59 Å². The smallest absolute Gasteiger partial charge is 0.411 e. The van der Waals surface area contributed by atoms with Crippen LogP contribution in [-0.2, 0) is 4.74 Å². The number of amides is 1. The molecule has 0 radical (unpaired) electrons. The van der Waals surface area contributed by atoms with Crippen LogP contribution in [0.2, 0.25) is 10.0 Å². The maximum atomic E-state index is 14.2. The molecule has 3 aromatic rings. The summed E-state index contributed by atoms with van der Waals surface area (Å²) in [4.78, 5) is 34.6. The quantitative estimate of drug-likeness (QED) is 0.0541. The van der Waals surface area contributed by atoms with Gasteiger partial charge >= 0.3 is 6.09 Å². The molecule has 0 spiro atoms. The van der Waals surface area contributed by atoms with E-state index in [2.05, 4.69) is 23.6 Å². The molecule has 0 saturated carbocycles. The number of unbranched alkanes of at least 4 members (excludes halogenated alkanes) is 23. The second-order valence-electron chi connectivity index (χ2n) is 19.5. The zero-order chi connectivity index (χ0) is 47.2. The highest BCUT2D eigenvalue weighted by atomic mass is 35.5. The van der Waals surface area contributed by atoms with Gasteiger partial charge in [0.05, 0.1) is 27.9 Å². The second kappa shape index (κ2) is 33.5. The van der Waals surface area contributed by atoms with E-state index in [1.165, 1.54) is 128 Å². The van der Waals surface area contributed by atoms with Gasteiger partial charge in [-0.15, -0.1) is 0 Å². The van der Waals surface area contributed by atoms with Crippen molar-refractivity contribution in [1.29, 1.82) is 0 Å². The predicted molar refractivity (Wildman–Crippen MR) is 282 cm³/mol. The molecule has 8 nitrogen and oxygen atoms in total. The van der Waals surface area contributed by atoms with Crippen LogP contribution in [0.25, 0.3) is 10.9 Å². The van der Waals surface area contributed by atoms with E-state index in [4.69, 9.17) is 32.7 Å². The summed E-state index contributed by atoms with van der Waals surface area (Å²) < 4.78 is 14.4. The van der Waals surface area contributed by atoms with Gasteiger partial charge in [-0.25, -0.2) is 4.79 Å². The van der Waals surface area contributed by atoms with E-state index >= 15 is 0 Å². The highest BCUT2D eigenvalue weighted by molar-refractivity contribution is 6.43. The largest absolute Gasteiger partial charge is 0.494 e. The van der Waals surface area contributed by atoms with Crippen LogP contribution in [0.3, 0.4) is 0 Å². The summed E-state index contributed by atoms with van der Waals surface area (Å²) >= 11 is 12.8. The molecule has 372 valence electrons. The number of halogens is 2. The third-order valence-electron chi connectivity index (χ3n) is 13.6. The van der Waals surface area contributed by atoms with Crippen molar-refractivity contribution in [3.05, 3.63) is 68.9 Å². The van der Waals surface area contributed by atoms with Crippen molar-refractivity contribution in [2.75, 3.05) is 57.3 Å². The van der Waals surface area contributed by atoms with Gasteiger partial charge in [0.1, 0.15) is 5.75 Å². The monoisotopic (exact) mass is 953 g/mol. The first kappa shape index (κ1) is 55.7. The lowest BCUT2D eigenvalue weighted by atomic mass is 10.0. The molecule has 1 unspecified atom stereocenters. The van der Waals surface area contributed by atoms with Gasteiger partial charge in [0.2, 0.25) is 0 Å². The van der Waals surface area contributed by atoms with Crippen molar-refractivity contribution in [2.45, 2.75) is 201 Å². The van der Waals surface area contributed by atoms with Gasteiger partial charge in [0, 0.05) is 57.3 Å². The number of hydrogen-bond donors (Lipinski definition) is 0. The molecule has 1 aliphatic heterocycles. The summed E-state index contributed by atoms with van der Waals surface area (Å²) in [5.74, 6) is 0.592. The second-order valence-corrected chi connectivity index (χ2v) is 20.3. The topological polar surface area (TPSA) is 67.2 Å². The third kappa shape index (κ3) is 20.7. The summed E-state index contributed by atoms with van der Waals surface area (Å²) in [6.45, 7) is 15.4. The van der Waals surface area contributed by atoms with Crippen molar-refractivity contribution in [1.82, 2.24) is 14.4 Å². The van der Waals surface area contributed by atoms with Crippen LogP contribution in [0.5, 0.6) is 5.75 Å². The fraction of sp³-hybridized carbons (Fsp3) is 0.714. The first-order chi connectivity index (χ1) is 32.2. The first-order valence-corrected chi connectivity index (χ1v) is 27.6. The van der Waals surface area contributed by atoms with E-state index in [0.717, 1.165) is 87.8 Å². The molecule has 0 N–H and O–H groups in total. The number of piperazine rings is 1. The van der Waals surface area contributed by atoms with Crippen molar-refractivity contribution >= 4 is 45.9 Å². The molecule has 66 heavy (non-hydrogen) atoms. The molecule has 1 amide bonds. The Hall–Kier alpha value is -2.94. The normalized spacial score (nSPS) is 13.8. The number of pyridine rings is 1. The number of anilines is 1. The minimum absolute atomic E-state index is 0.119. The fourth-order valence-electron chi connectivity index (χ4n) is 9.41. The lowest BCUT2D eigenvalue weighted by Crippen LogP contribution is -2.46. The standard InChI is InChI=1S/C56H90Cl2N4O4/c1-5-7-9-11-13-15-17-19-21-23-25-27-39-61(40-28-26-24-22-20-18-16-14-12-10-8-6-2)56(64)66-55(47(3)4)62-52-46-49(36-34-48(52)35-37-53(62)63)65-45-30-29-38-59-41-43-60(44-42-59)51-33-31-32-50(57)54(51)58/h31-37,46-47,55H,5-30,38-45H2,1-4H3. The number of carbonyl (C=O) groups is 1. The lowest BCUT2D eigenvalue weighted by Gasteiger charge is -2.36. The highest BCUT2D eigenvalue weighted by Gasteiger charge is 2.26. The molecular weight excluding hydrogens is 864 g/mol. The Labute approximate surface area is 411 Å². The van der Waals surface area contributed by atoms with Crippen LogP contribution in [0.4, 0.5) is 10.5 Å². The number of aromatic nitrogens is 1. The Morgan fingerprint density at radius 2 is 1.15 bits per heavy atom. The molecule has 1 fully saturated rings. The van der Waals surface area contributed by atoms with E-state index in [1.807, 2.05) is 61.2 Å². The summed E-state index contributed by atoms with van der Waals surface area (Å²) in [7, 11) is 0. The number of benzene rings is 2. The zero-order valence-electron chi connectivity index (χ0n) is 42.0. The summed E-state index contributed by atoms with van der Waals surface area (Å²) in [6.07, 6.45) is 31.6. The van der Waals surface area contributed by atoms with E-state index < -0.39 is 6.23 Å². The Balaban J connectivity index is 1.28. The van der Waals surface area contributed by atoms with Crippen LogP contribution >= 0.6 is 23.2 Å². The Bertz CT molecular complexity index is 1780. The van der Waals surface area contributed by atoms with Crippen molar-refractivity contribution in [3.8, 4) is 5.75 Å². The molecular formula is C56H90Cl2N4O4.